The van der Waals surface area contributed by atoms with Crippen molar-refractivity contribution in [3.05, 3.63) is 0 Å². The lowest BCUT2D eigenvalue weighted by molar-refractivity contribution is 0.222. The van der Waals surface area contributed by atoms with Crippen molar-refractivity contribution in [1.82, 2.24) is 0 Å². The Bertz CT molecular complexity index is 290. The van der Waals surface area contributed by atoms with E-state index in [-0.39, 0.29) is 24.3 Å². The summed E-state index contributed by atoms with van der Waals surface area (Å²) in [6.45, 7) is 2.10. The van der Waals surface area contributed by atoms with E-state index in [0.717, 1.165) is 25.7 Å². The van der Waals surface area contributed by atoms with Gasteiger partial charge in [0.15, 0.2) is 0 Å². The van der Waals surface area contributed by atoms with Gasteiger partial charge >= 0.3 is 0 Å². The maximum absolute atomic E-state index is 11.4. The minimum Gasteiger partial charge on any atom is -0.327 e. The van der Waals surface area contributed by atoms with Gasteiger partial charge in [0.25, 0.3) is 10.1 Å². The van der Waals surface area contributed by atoms with Gasteiger partial charge < -0.3 is 5.73 Å². The van der Waals surface area contributed by atoms with Crippen LogP contribution in [0.4, 0.5) is 0 Å². The Balaban J connectivity index is 2.40. The fourth-order valence-electron chi connectivity index (χ4n) is 2.12. The van der Waals surface area contributed by atoms with E-state index in [0.29, 0.717) is 6.42 Å². The van der Waals surface area contributed by atoms with Crippen molar-refractivity contribution in [2.24, 2.45) is 11.7 Å². The smallest absolute Gasteiger partial charge is 0.267 e. The molecule has 0 aromatic rings. The average Bonchev–Trinajstić information content (AvgIpc) is 2.40. The molecule has 4 nitrogen and oxygen atoms in total. The molecule has 0 amide bonds. The Kier molecular flexibility index (Phi) is 5.72. The molecule has 0 heterocycles. The molecular formula is C11H23NO3S. The first-order chi connectivity index (χ1) is 7.55. The van der Waals surface area contributed by atoms with Gasteiger partial charge in [0.1, 0.15) is 0 Å². The van der Waals surface area contributed by atoms with Crippen molar-refractivity contribution in [2.75, 3.05) is 12.4 Å². The maximum Gasteiger partial charge on any atom is 0.267 e. The Hall–Kier alpha value is -0.130. The van der Waals surface area contributed by atoms with E-state index in [1.54, 1.807) is 0 Å². The van der Waals surface area contributed by atoms with Gasteiger partial charge in [-0.15, -0.1) is 0 Å². The van der Waals surface area contributed by atoms with E-state index < -0.39 is 10.1 Å². The maximum atomic E-state index is 11.4. The molecule has 5 heteroatoms. The van der Waals surface area contributed by atoms with Crippen LogP contribution in [-0.4, -0.2) is 26.8 Å². The molecule has 0 bridgehead atoms. The summed E-state index contributed by atoms with van der Waals surface area (Å²) in [6.07, 6.45) is 6.06. The van der Waals surface area contributed by atoms with Crippen molar-refractivity contribution in [2.45, 2.75) is 51.5 Å². The van der Waals surface area contributed by atoms with Crippen LogP contribution in [0.2, 0.25) is 0 Å². The van der Waals surface area contributed by atoms with Gasteiger partial charge in [-0.05, 0) is 25.2 Å². The molecule has 0 spiro atoms. The molecule has 1 fully saturated rings. The molecule has 1 aliphatic carbocycles. The standard InChI is InChI=1S/C11H23NO3S/c1-2-8-16(13,14)15-9-10-6-4-3-5-7-11(10)12/h10-11H,2-9,12H2,1H3/t10-,11+/m1/s1. The summed E-state index contributed by atoms with van der Waals surface area (Å²) in [7, 11) is -3.32. The normalized spacial score (nSPS) is 27.6. The van der Waals surface area contributed by atoms with Crippen LogP contribution in [0.15, 0.2) is 0 Å². The summed E-state index contributed by atoms with van der Waals surface area (Å²) in [4.78, 5) is 0. The molecule has 1 saturated carbocycles. The Morgan fingerprint density at radius 3 is 2.62 bits per heavy atom. The van der Waals surface area contributed by atoms with Crippen molar-refractivity contribution in [1.29, 1.82) is 0 Å². The van der Waals surface area contributed by atoms with Crippen molar-refractivity contribution in [3.8, 4) is 0 Å². The van der Waals surface area contributed by atoms with Crippen LogP contribution in [0.25, 0.3) is 0 Å². The van der Waals surface area contributed by atoms with Crippen LogP contribution >= 0.6 is 0 Å². The third-order valence-electron chi connectivity index (χ3n) is 3.13. The highest BCUT2D eigenvalue weighted by Crippen LogP contribution is 2.22. The molecule has 0 saturated heterocycles. The van der Waals surface area contributed by atoms with E-state index in [1.807, 2.05) is 6.92 Å². The van der Waals surface area contributed by atoms with Gasteiger partial charge in [-0.1, -0.05) is 26.2 Å². The second-order valence-electron chi connectivity index (χ2n) is 4.61. The van der Waals surface area contributed by atoms with E-state index in [9.17, 15) is 8.42 Å². The number of nitrogens with two attached hydrogens (primary N) is 1. The highest BCUT2D eigenvalue weighted by Gasteiger charge is 2.22. The second kappa shape index (κ2) is 6.57. The van der Waals surface area contributed by atoms with Gasteiger partial charge in [0.2, 0.25) is 0 Å². The van der Waals surface area contributed by atoms with Gasteiger partial charge in [0, 0.05) is 6.04 Å². The van der Waals surface area contributed by atoms with Gasteiger partial charge in [-0.25, -0.2) is 0 Å². The lowest BCUT2D eigenvalue weighted by Gasteiger charge is -2.20. The summed E-state index contributed by atoms with van der Waals surface area (Å²) in [5.41, 5.74) is 6.01. The fraction of sp³-hybridized carbons (Fsp3) is 1.00. The summed E-state index contributed by atoms with van der Waals surface area (Å²) < 4.78 is 27.8. The number of hydrogen-bond donors (Lipinski definition) is 1. The zero-order valence-corrected chi connectivity index (χ0v) is 10.8. The minimum atomic E-state index is -3.32. The van der Waals surface area contributed by atoms with Crippen LogP contribution in [0, 0.1) is 5.92 Å². The molecule has 0 aromatic heterocycles. The predicted molar refractivity (Wildman–Crippen MR) is 64.6 cm³/mol. The Labute approximate surface area is 98.7 Å². The van der Waals surface area contributed by atoms with Gasteiger partial charge in [-0.3, -0.25) is 4.18 Å². The Morgan fingerprint density at radius 2 is 1.94 bits per heavy atom. The number of rotatable bonds is 5. The molecule has 96 valence electrons. The molecule has 2 atom stereocenters. The second-order valence-corrected chi connectivity index (χ2v) is 6.37. The molecule has 2 N–H and O–H groups in total. The molecule has 0 radical (unpaired) electrons. The summed E-state index contributed by atoms with van der Waals surface area (Å²) in [5.74, 6) is 0.309. The zero-order valence-electron chi connectivity index (χ0n) is 10.0. The van der Waals surface area contributed by atoms with Crippen LogP contribution in [-0.2, 0) is 14.3 Å². The van der Waals surface area contributed by atoms with Crippen molar-refractivity contribution in [3.63, 3.8) is 0 Å². The average molecular weight is 249 g/mol. The van der Waals surface area contributed by atoms with Crippen LogP contribution in [0.3, 0.4) is 0 Å². The van der Waals surface area contributed by atoms with E-state index in [2.05, 4.69) is 0 Å². The third kappa shape index (κ3) is 4.80. The van der Waals surface area contributed by atoms with Crippen molar-refractivity contribution >= 4 is 10.1 Å². The highest BCUT2D eigenvalue weighted by molar-refractivity contribution is 7.86. The SMILES string of the molecule is CCCS(=O)(=O)OC[C@H]1CCCCC[C@@H]1N. The van der Waals surface area contributed by atoms with E-state index in [1.165, 1.54) is 6.42 Å². The third-order valence-corrected chi connectivity index (χ3v) is 4.54. The fourth-order valence-corrected chi connectivity index (χ4v) is 3.12. The summed E-state index contributed by atoms with van der Waals surface area (Å²) in [6, 6.07) is 0.0966. The predicted octanol–water partition coefficient (Wildman–Crippen LogP) is 1.65. The molecule has 0 unspecified atom stereocenters. The first-order valence-corrected chi connectivity index (χ1v) is 7.75. The number of hydrogen-bond acceptors (Lipinski definition) is 4. The first kappa shape index (κ1) is 13.9. The largest absolute Gasteiger partial charge is 0.327 e. The summed E-state index contributed by atoms with van der Waals surface area (Å²) >= 11 is 0. The van der Waals surface area contributed by atoms with Crippen LogP contribution < -0.4 is 5.73 Å². The lowest BCUT2D eigenvalue weighted by Crippen LogP contribution is -2.33. The van der Waals surface area contributed by atoms with Crippen molar-refractivity contribution < 1.29 is 12.6 Å². The van der Waals surface area contributed by atoms with E-state index >= 15 is 0 Å². The van der Waals surface area contributed by atoms with Gasteiger partial charge in [-0.2, -0.15) is 8.42 Å². The molecular weight excluding hydrogens is 226 g/mol. The van der Waals surface area contributed by atoms with Crippen LogP contribution in [0.1, 0.15) is 45.4 Å². The monoisotopic (exact) mass is 249 g/mol. The highest BCUT2D eigenvalue weighted by atomic mass is 32.2. The zero-order chi connectivity index (χ0) is 12.0. The minimum absolute atomic E-state index is 0.0966. The van der Waals surface area contributed by atoms with Gasteiger partial charge in [0.05, 0.1) is 12.4 Å². The van der Waals surface area contributed by atoms with Crippen LogP contribution in [0.5, 0.6) is 0 Å². The quantitative estimate of drug-likeness (QED) is 0.594. The molecule has 1 aliphatic rings. The molecule has 1 rings (SSSR count). The summed E-state index contributed by atoms with van der Waals surface area (Å²) in [5, 5.41) is 0. The molecule has 0 aromatic carbocycles. The molecule has 16 heavy (non-hydrogen) atoms. The molecule has 0 aliphatic heterocycles. The Morgan fingerprint density at radius 1 is 1.25 bits per heavy atom. The topological polar surface area (TPSA) is 69.4 Å². The van der Waals surface area contributed by atoms with E-state index in [4.69, 9.17) is 9.92 Å². The lowest BCUT2D eigenvalue weighted by atomic mass is 9.97. The first-order valence-electron chi connectivity index (χ1n) is 6.18.